The van der Waals surface area contributed by atoms with Crippen LogP contribution in [0.1, 0.15) is 0 Å². The van der Waals surface area contributed by atoms with E-state index in [1.54, 1.807) is 0 Å². The molecule has 7 heteroatoms. The summed E-state index contributed by atoms with van der Waals surface area (Å²) in [4.78, 5) is 25.5. The second-order valence-corrected chi connectivity index (χ2v) is 12.1. The smallest absolute Gasteiger partial charge is 0.165 e. The highest BCUT2D eigenvalue weighted by atomic mass is 16.3. The molecule has 5 aromatic heterocycles. The zero-order chi connectivity index (χ0) is 31.3. The third-order valence-electron chi connectivity index (χ3n) is 9.34. The van der Waals surface area contributed by atoms with Crippen molar-refractivity contribution in [2.24, 2.45) is 0 Å². The second kappa shape index (κ2) is 9.40. The minimum absolute atomic E-state index is 0.591. The van der Waals surface area contributed by atoms with Crippen LogP contribution >= 0.6 is 0 Å². The largest absolute Gasteiger partial charge is 0.456 e. The third kappa shape index (κ3) is 3.50. The summed E-state index contributed by atoms with van der Waals surface area (Å²) in [5.41, 5.74) is 9.92. The molecule has 222 valence electrons. The van der Waals surface area contributed by atoms with E-state index < -0.39 is 0 Å². The highest BCUT2D eigenvalue weighted by molar-refractivity contribution is 6.32. The molecule has 11 aromatic rings. The fourth-order valence-electron chi connectivity index (χ4n) is 7.25. The van der Waals surface area contributed by atoms with E-state index >= 15 is 0 Å². The highest BCUT2D eigenvalue weighted by Crippen LogP contribution is 2.45. The lowest BCUT2D eigenvalue weighted by atomic mass is 10.0. The minimum Gasteiger partial charge on any atom is -0.456 e. The van der Waals surface area contributed by atoms with E-state index in [2.05, 4.69) is 40.8 Å². The quantitative estimate of drug-likeness (QED) is 0.197. The summed E-state index contributed by atoms with van der Waals surface area (Å²) in [6, 6.07) is 45.0. The highest BCUT2D eigenvalue weighted by Gasteiger charge is 2.25. The Kier molecular flexibility index (Phi) is 4.99. The summed E-state index contributed by atoms with van der Waals surface area (Å²) >= 11 is 0. The zero-order valence-electron chi connectivity index (χ0n) is 25.3. The van der Waals surface area contributed by atoms with Crippen molar-refractivity contribution >= 4 is 71.3 Å². The van der Waals surface area contributed by atoms with Crippen LogP contribution in [0.5, 0.6) is 0 Å². The van der Waals surface area contributed by atoms with Gasteiger partial charge in [0.25, 0.3) is 0 Å². The van der Waals surface area contributed by atoms with Gasteiger partial charge in [-0.25, -0.2) is 24.9 Å². The molecule has 0 fully saturated rings. The van der Waals surface area contributed by atoms with E-state index in [1.807, 2.05) is 97.1 Å². The molecule has 0 atom stereocenters. The average molecular weight is 615 g/mol. The fraction of sp³-hybridized carbons (Fsp3) is 0. The number of hydrogen-bond donors (Lipinski definition) is 0. The van der Waals surface area contributed by atoms with Crippen LogP contribution in [0.25, 0.3) is 105 Å². The third-order valence-corrected chi connectivity index (χ3v) is 9.34. The van der Waals surface area contributed by atoms with Gasteiger partial charge in [-0.15, -0.1) is 0 Å². The lowest BCUT2D eigenvalue weighted by Gasteiger charge is -2.09. The van der Waals surface area contributed by atoms with Crippen molar-refractivity contribution < 1.29 is 4.42 Å². The molecular weight excluding hydrogens is 592 g/mol. The van der Waals surface area contributed by atoms with Crippen LogP contribution in [-0.2, 0) is 0 Å². The molecule has 0 aliphatic rings. The molecule has 48 heavy (non-hydrogen) atoms. The molecule has 5 heterocycles. The first kappa shape index (κ1) is 25.5. The SMILES string of the molecule is c1ccc(-c2nc(-c3ccccc3)nc(-c3cc4c5nc6ccccc6nc5n5c6ccc7oc8ccccc8c7c6c(c3)c45)n2)cc1. The molecule has 0 saturated carbocycles. The zero-order valence-corrected chi connectivity index (χ0v) is 25.3. The van der Waals surface area contributed by atoms with Gasteiger partial charge in [0.2, 0.25) is 0 Å². The summed E-state index contributed by atoms with van der Waals surface area (Å²) in [5.74, 6) is 1.83. The first-order valence-corrected chi connectivity index (χ1v) is 15.9. The van der Waals surface area contributed by atoms with Crippen molar-refractivity contribution in [3.63, 3.8) is 0 Å². The monoisotopic (exact) mass is 614 g/mol. The Labute approximate surface area is 272 Å². The molecule has 7 nitrogen and oxygen atoms in total. The number of hydrogen-bond acceptors (Lipinski definition) is 6. The van der Waals surface area contributed by atoms with Gasteiger partial charge in [-0.2, -0.15) is 0 Å². The Morgan fingerprint density at radius 3 is 1.77 bits per heavy atom. The Bertz CT molecular complexity index is 3000. The van der Waals surface area contributed by atoms with Crippen molar-refractivity contribution in [1.82, 2.24) is 29.3 Å². The fourth-order valence-corrected chi connectivity index (χ4v) is 7.25. The van der Waals surface area contributed by atoms with Gasteiger partial charge in [-0.3, -0.25) is 4.40 Å². The van der Waals surface area contributed by atoms with Crippen molar-refractivity contribution in [2.45, 2.75) is 0 Å². The van der Waals surface area contributed by atoms with Crippen LogP contribution in [0.2, 0.25) is 0 Å². The van der Waals surface area contributed by atoms with E-state index in [1.165, 1.54) is 0 Å². The first-order chi connectivity index (χ1) is 23.8. The Morgan fingerprint density at radius 2 is 1.04 bits per heavy atom. The number of nitrogens with zero attached hydrogens (tertiary/aromatic N) is 6. The standard InChI is InChI=1S/C41H22N6O/c1-3-11-23(12-4-1)38-44-39(24-13-5-2-6-14-24)46-40(45-38)25-21-27-34-31(19-20-33-35(34)26-15-7-10-18-32(26)48-33)47-37(27)28(22-25)36-41(47)43-30-17-9-8-16-29(30)42-36/h1-22H. The molecule has 6 aromatic carbocycles. The van der Waals surface area contributed by atoms with Gasteiger partial charge in [0.05, 0.1) is 22.1 Å². The van der Waals surface area contributed by atoms with Crippen LogP contribution in [0, 0.1) is 0 Å². The molecule has 0 bridgehead atoms. The van der Waals surface area contributed by atoms with Gasteiger partial charge in [0, 0.05) is 43.6 Å². The van der Waals surface area contributed by atoms with E-state index in [0.717, 1.165) is 88.0 Å². The van der Waals surface area contributed by atoms with Crippen molar-refractivity contribution in [3.8, 4) is 34.2 Å². The number of fused-ring (bicyclic) bond motifs is 11. The van der Waals surface area contributed by atoms with Gasteiger partial charge in [-0.05, 0) is 42.5 Å². The number of benzene rings is 6. The van der Waals surface area contributed by atoms with Gasteiger partial charge in [0.15, 0.2) is 23.1 Å². The van der Waals surface area contributed by atoms with Crippen LogP contribution in [0.4, 0.5) is 0 Å². The second-order valence-electron chi connectivity index (χ2n) is 12.1. The summed E-state index contributed by atoms with van der Waals surface area (Å²) in [7, 11) is 0. The Morgan fingerprint density at radius 1 is 0.438 bits per heavy atom. The van der Waals surface area contributed by atoms with E-state index in [9.17, 15) is 0 Å². The lowest BCUT2D eigenvalue weighted by Crippen LogP contribution is -2.00. The van der Waals surface area contributed by atoms with Crippen molar-refractivity contribution in [2.75, 3.05) is 0 Å². The molecule has 0 aliphatic heterocycles. The molecule has 0 radical (unpaired) electrons. The maximum absolute atomic E-state index is 6.37. The van der Waals surface area contributed by atoms with Crippen molar-refractivity contribution in [3.05, 3.63) is 133 Å². The van der Waals surface area contributed by atoms with Gasteiger partial charge in [0.1, 0.15) is 16.7 Å². The molecule has 0 saturated heterocycles. The summed E-state index contributed by atoms with van der Waals surface area (Å²) < 4.78 is 8.63. The molecule has 0 unspecified atom stereocenters. The van der Waals surface area contributed by atoms with Gasteiger partial charge >= 0.3 is 0 Å². The summed E-state index contributed by atoms with van der Waals surface area (Å²) in [6.07, 6.45) is 0. The minimum atomic E-state index is 0.591. The predicted molar refractivity (Wildman–Crippen MR) is 191 cm³/mol. The number of furan rings is 1. The maximum atomic E-state index is 6.37. The van der Waals surface area contributed by atoms with Crippen LogP contribution in [0.15, 0.2) is 138 Å². The van der Waals surface area contributed by atoms with Crippen LogP contribution < -0.4 is 0 Å². The number of rotatable bonds is 3. The number of aromatic nitrogens is 6. The molecular formula is C41H22N6O. The molecule has 0 amide bonds. The van der Waals surface area contributed by atoms with Gasteiger partial charge in [-0.1, -0.05) is 91.0 Å². The van der Waals surface area contributed by atoms with Crippen LogP contribution in [0.3, 0.4) is 0 Å². The first-order valence-electron chi connectivity index (χ1n) is 15.9. The molecule has 11 rings (SSSR count). The number of para-hydroxylation sites is 3. The van der Waals surface area contributed by atoms with E-state index in [4.69, 9.17) is 29.3 Å². The summed E-state index contributed by atoms with van der Waals surface area (Å²) in [5, 5.41) is 5.33. The lowest BCUT2D eigenvalue weighted by molar-refractivity contribution is 0.669. The predicted octanol–water partition coefficient (Wildman–Crippen LogP) is 9.87. The maximum Gasteiger partial charge on any atom is 0.165 e. The molecule has 0 aliphatic carbocycles. The average Bonchev–Trinajstić information content (AvgIpc) is 3.80. The topological polar surface area (TPSA) is 82.0 Å². The van der Waals surface area contributed by atoms with Crippen LogP contribution in [-0.4, -0.2) is 29.3 Å². The van der Waals surface area contributed by atoms with E-state index in [-0.39, 0.29) is 0 Å². The molecule has 0 N–H and O–H groups in total. The van der Waals surface area contributed by atoms with Gasteiger partial charge < -0.3 is 4.42 Å². The normalized spacial score (nSPS) is 12.2. The Hall–Kier alpha value is -6.73. The summed E-state index contributed by atoms with van der Waals surface area (Å²) in [6.45, 7) is 0. The molecule has 0 spiro atoms. The van der Waals surface area contributed by atoms with E-state index in [0.29, 0.717) is 17.5 Å². The van der Waals surface area contributed by atoms with Crippen molar-refractivity contribution in [1.29, 1.82) is 0 Å². The Balaban J connectivity index is 1.31.